The van der Waals surface area contributed by atoms with Crippen LogP contribution in [0.25, 0.3) is 0 Å². The maximum absolute atomic E-state index is 10.9. The second-order valence-corrected chi connectivity index (χ2v) is 4.99. The van der Waals surface area contributed by atoms with E-state index in [1.54, 1.807) is 23.9 Å². The van der Waals surface area contributed by atoms with Crippen molar-refractivity contribution in [3.63, 3.8) is 0 Å². The Bertz CT molecular complexity index is 443. The van der Waals surface area contributed by atoms with Crippen molar-refractivity contribution < 1.29 is 9.90 Å². The van der Waals surface area contributed by atoms with Crippen molar-refractivity contribution in [2.24, 2.45) is 0 Å². The number of benzene rings is 1. The van der Waals surface area contributed by atoms with Gasteiger partial charge in [-0.25, -0.2) is 4.79 Å². The highest BCUT2D eigenvalue weighted by Gasteiger charge is 2.09. The van der Waals surface area contributed by atoms with Crippen molar-refractivity contribution in [3.05, 3.63) is 28.8 Å². The molecule has 0 aliphatic heterocycles. The van der Waals surface area contributed by atoms with Crippen LogP contribution in [0.5, 0.6) is 0 Å². The first-order chi connectivity index (χ1) is 8.15. The van der Waals surface area contributed by atoms with E-state index >= 15 is 0 Å². The quantitative estimate of drug-likeness (QED) is 0.630. The first-order valence-electron chi connectivity index (χ1n) is 5.17. The number of nitriles is 1. The zero-order valence-corrected chi connectivity index (χ0v) is 10.7. The third-order valence-corrected chi connectivity index (χ3v) is 3.53. The number of rotatable bonds is 6. The number of carbonyl (C=O) groups is 1. The minimum Gasteiger partial charge on any atom is -0.478 e. The zero-order chi connectivity index (χ0) is 12.7. The van der Waals surface area contributed by atoms with Crippen LogP contribution in [0, 0.1) is 11.3 Å². The number of hydrogen-bond acceptors (Lipinski definition) is 3. The second kappa shape index (κ2) is 7.21. The summed E-state index contributed by atoms with van der Waals surface area (Å²) in [5.74, 6) is -0.135. The highest BCUT2D eigenvalue weighted by Crippen LogP contribution is 2.25. The fourth-order valence-corrected chi connectivity index (χ4v) is 2.40. The lowest BCUT2D eigenvalue weighted by Gasteiger charge is -2.04. The Labute approximate surface area is 109 Å². The van der Waals surface area contributed by atoms with Crippen molar-refractivity contribution in [2.45, 2.75) is 24.2 Å². The van der Waals surface area contributed by atoms with E-state index in [1.165, 1.54) is 0 Å². The molecule has 1 aromatic carbocycles. The molecule has 1 rings (SSSR count). The molecule has 0 spiro atoms. The second-order valence-electron chi connectivity index (χ2n) is 3.41. The summed E-state index contributed by atoms with van der Waals surface area (Å²) in [7, 11) is 0. The molecule has 0 aromatic heterocycles. The topological polar surface area (TPSA) is 61.1 Å². The molecule has 3 nitrogen and oxygen atoms in total. The summed E-state index contributed by atoms with van der Waals surface area (Å²) in [5.41, 5.74) is 0.133. The lowest BCUT2D eigenvalue weighted by atomic mass is 10.2. The van der Waals surface area contributed by atoms with Gasteiger partial charge in [-0.2, -0.15) is 5.26 Å². The number of halogens is 1. The van der Waals surface area contributed by atoms with Gasteiger partial charge in [-0.15, -0.1) is 11.8 Å². The van der Waals surface area contributed by atoms with Gasteiger partial charge in [-0.05, 0) is 36.8 Å². The summed E-state index contributed by atoms with van der Waals surface area (Å²) in [5, 5.41) is 17.5. The SMILES string of the molecule is N#CCCCCSc1ccc(Cl)c(C(=O)O)c1. The summed E-state index contributed by atoms with van der Waals surface area (Å²) in [6.07, 6.45) is 2.40. The zero-order valence-electron chi connectivity index (χ0n) is 9.15. The van der Waals surface area contributed by atoms with E-state index in [2.05, 4.69) is 6.07 Å². The lowest BCUT2D eigenvalue weighted by molar-refractivity contribution is 0.0697. The number of unbranched alkanes of at least 4 members (excludes halogenated alkanes) is 2. The van der Waals surface area contributed by atoms with Crippen LogP contribution < -0.4 is 0 Å². The molecule has 0 aliphatic carbocycles. The molecule has 5 heteroatoms. The number of carboxylic acids is 1. The van der Waals surface area contributed by atoms with Crippen molar-refractivity contribution in [1.29, 1.82) is 5.26 Å². The number of carboxylic acid groups (broad SMARTS) is 1. The Balaban J connectivity index is 2.52. The molecule has 0 heterocycles. The summed E-state index contributed by atoms with van der Waals surface area (Å²) >= 11 is 7.35. The van der Waals surface area contributed by atoms with E-state index in [-0.39, 0.29) is 10.6 Å². The number of hydrogen-bond donors (Lipinski definition) is 1. The fourth-order valence-electron chi connectivity index (χ4n) is 1.25. The van der Waals surface area contributed by atoms with E-state index in [0.29, 0.717) is 6.42 Å². The molecule has 1 aromatic rings. The molecular weight excluding hydrogens is 258 g/mol. The van der Waals surface area contributed by atoms with Gasteiger partial charge >= 0.3 is 5.97 Å². The third kappa shape index (κ3) is 4.68. The molecule has 1 N–H and O–H groups in total. The molecule has 0 unspecified atom stereocenters. The van der Waals surface area contributed by atoms with E-state index in [1.807, 2.05) is 6.07 Å². The molecule has 0 saturated carbocycles. The van der Waals surface area contributed by atoms with Crippen molar-refractivity contribution >= 4 is 29.3 Å². The van der Waals surface area contributed by atoms with Gasteiger partial charge in [0.05, 0.1) is 16.7 Å². The largest absolute Gasteiger partial charge is 0.478 e. The maximum Gasteiger partial charge on any atom is 0.337 e. The molecular formula is C12H12ClNO2S. The molecule has 0 bridgehead atoms. The molecule has 17 heavy (non-hydrogen) atoms. The maximum atomic E-state index is 10.9. The highest BCUT2D eigenvalue weighted by molar-refractivity contribution is 7.99. The van der Waals surface area contributed by atoms with Crippen LogP contribution in [-0.4, -0.2) is 16.8 Å². The van der Waals surface area contributed by atoms with Gasteiger partial charge in [0.15, 0.2) is 0 Å². The van der Waals surface area contributed by atoms with Gasteiger partial charge < -0.3 is 5.11 Å². The third-order valence-electron chi connectivity index (χ3n) is 2.12. The average molecular weight is 270 g/mol. The van der Waals surface area contributed by atoms with E-state index in [4.69, 9.17) is 22.0 Å². The molecule has 0 atom stereocenters. The number of aromatic carboxylic acids is 1. The first-order valence-corrected chi connectivity index (χ1v) is 6.54. The van der Waals surface area contributed by atoms with E-state index in [0.717, 1.165) is 23.5 Å². The Hall–Kier alpha value is -1.18. The minimum absolute atomic E-state index is 0.133. The molecule has 0 saturated heterocycles. The van der Waals surface area contributed by atoms with Gasteiger partial charge in [-0.1, -0.05) is 11.6 Å². The van der Waals surface area contributed by atoms with Crippen LogP contribution >= 0.6 is 23.4 Å². The van der Waals surface area contributed by atoms with Gasteiger partial charge in [0.2, 0.25) is 0 Å². The molecule has 90 valence electrons. The predicted molar refractivity (Wildman–Crippen MR) is 68.6 cm³/mol. The molecule has 0 radical (unpaired) electrons. The monoisotopic (exact) mass is 269 g/mol. The van der Waals surface area contributed by atoms with Crippen LogP contribution in [0.3, 0.4) is 0 Å². The number of thioether (sulfide) groups is 1. The minimum atomic E-state index is -1.01. The van der Waals surface area contributed by atoms with Crippen molar-refractivity contribution in [1.82, 2.24) is 0 Å². The fraction of sp³-hybridized carbons (Fsp3) is 0.333. The Morgan fingerprint density at radius 2 is 2.24 bits per heavy atom. The van der Waals surface area contributed by atoms with Crippen LogP contribution in [0.1, 0.15) is 29.6 Å². The van der Waals surface area contributed by atoms with Gasteiger partial charge in [0.25, 0.3) is 0 Å². The van der Waals surface area contributed by atoms with Crippen LogP contribution in [-0.2, 0) is 0 Å². The normalized spacial score (nSPS) is 9.88. The van der Waals surface area contributed by atoms with Gasteiger partial charge in [-0.3, -0.25) is 0 Å². The Kier molecular flexibility index (Phi) is 5.88. The summed E-state index contributed by atoms with van der Waals surface area (Å²) in [6, 6.07) is 7.09. The van der Waals surface area contributed by atoms with Crippen molar-refractivity contribution in [3.8, 4) is 6.07 Å². The summed E-state index contributed by atoms with van der Waals surface area (Å²) in [4.78, 5) is 11.8. The summed E-state index contributed by atoms with van der Waals surface area (Å²) in [6.45, 7) is 0. The molecule has 0 aliphatic rings. The standard InChI is InChI=1S/C12H12ClNO2S/c13-11-5-4-9(8-10(11)12(15)16)17-7-3-1-2-6-14/h4-5,8H,1-3,7H2,(H,15,16). The van der Waals surface area contributed by atoms with Crippen LogP contribution in [0.15, 0.2) is 23.1 Å². The first kappa shape index (κ1) is 13.9. The van der Waals surface area contributed by atoms with Gasteiger partial charge in [0, 0.05) is 11.3 Å². The highest BCUT2D eigenvalue weighted by atomic mass is 35.5. The van der Waals surface area contributed by atoms with Crippen LogP contribution in [0.2, 0.25) is 5.02 Å². The predicted octanol–water partition coefficient (Wildman–Crippen LogP) is 3.82. The van der Waals surface area contributed by atoms with Crippen LogP contribution in [0.4, 0.5) is 0 Å². The molecule has 0 amide bonds. The van der Waals surface area contributed by atoms with E-state index in [9.17, 15) is 4.79 Å². The Morgan fingerprint density at radius 3 is 2.88 bits per heavy atom. The number of nitrogens with zero attached hydrogens (tertiary/aromatic N) is 1. The molecule has 0 fully saturated rings. The summed E-state index contributed by atoms with van der Waals surface area (Å²) < 4.78 is 0. The Morgan fingerprint density at radius 1 is 1.47 bits per heavy atom. The smallest absolute Gasteiger partial charge is 0.337 e. The lowest BCUT2D eigenvalue weighted by Crippen LogP contribution is -1.97. The van der Waals surface area contributed by atoms with Crippen molar-refractivity contribution in [2.75, 3.05) is 5.75 Å². The average Bonchev–Trinajstić information content (AvgIpc) is 2.30. The van der Waals surface area contributed by atoms with Gasteiger partial charge in [0.1, 0.15) is 0 Å². The van der Waals surface area contributed by atoms with E-state index < -0.39 is 5.97 Å².